The first-order valence-corrected chi connectivity index (χ1v) is 6.12. The van der Waals surface area contributed by atoms with Crippen LogP contribution in [0.25, 0.3) is 0 Å². The quantitative estimate of drug-likeness (QED) is 0.853. The number of benzene rings is 1. The number of hydrogen-bond donors (Lipinski definition) is 2. The zero-order chi connectivity index (χ0) is 13.2. The minimum Gasteiger partial charge on any atom is -0.325 e. The number of amides is 1. The predicted octanol–water partition coefficient (Wildman–Crippen LogP) is 2.08. The van der Waals surface area contributed by atoms with Crippen LogP contribution in [0.15, 0.2) is 18.2 Å². The van der Waals surface area contributed by atoms with Crippen LogP contribution >= 0.6 is 0 Å². The molecule has 1 aliphatic carbocycles. The lowest BCUT2D eigenvalue weighted by Gasteiger charge is -2.37. The number of rotatable bonds is 3. The second kappa shape index (κ2) is 4.79. The molecule has 1 amide bonds. The summed E-state index contributed by atoms with van der Waals surface area (Å²) in [4.78, 5) is 11.9. The minimum absolute atomic E-state index is 0.112. The van der Waals surface area contributed by atoms with Gasteiger partial charge in [-0.3, -0.25) is 4.79 Å². The molecule has 0 heterocycles. The number of nitriles is 1. The molecule has 0 aliphatic heterocycles. The normalized spacial score (nSPS) is 16.5. The van der Waals surface area contributed by atoms with Crippen molar-refractivity contribution in [2.45, 2.75) is 38.1 Å². The Balaban J connectivity index is 2.08. The Hall–Kier alpha value is -1.86. The van der Waals surface area contributed by atoms with E-state index < -0.39 is 0 Å². The van der Waals surface area contributed by atoms with Crippen molar-refractivity contribution in [1.82, 2.24) is 0 Å². The Kier molecular flexibility index (Phi) is 3.35. The number of nitrogens with one attached hydrogen (secondary N) is 1. The van der Waals surface area contributed by atoms with Gasteiger partial charge in [-0.05, 0) is 37.8 Å². The summed E-state index contributed by atoms with van der Waals surface area (Å²) < 4.78 is 0. The van der Waals surface area contributed by atoms with Crippen LogP contribution in [0.1, 0.15) is 36.8 Å². The van der Waals surface area contributed by atoms with Crippen molar-refractivity contribution in [3.8, 4) is 6.07 Å². The van der Waals surface area contributed by atoms with Crippen LogP contribution in [0.3, 0.4) is 0 Å². The second-order valence-electron chi connectivity index (χ2n) is 5.05. The highest BCUT2D eigenvalue weighted by atomic mass is 16.1. The van der Waals surface area contributed by atoms with E-state index in [0.717, 1.165) is 24.8 Å². The summed E-state index contributed by atoms with van der Waals surface area (Å²) >= 11 is 0. The average molecular weight is 243 g/mol. The van der Waals surface area contributed by atoms with Gasteiger partial charge < -0.3 is 11.1 Å². The molecule has 0 radical (unpaired) electrons. The zero-order valence-electron chi connectivity index (χ0n) is 10.5. The topological polar surface area (TPSA) is 78.9 Å². The second-order valence-corrected chi connectivity index (χ2v) is 5.05. The Labute approximate surface area is 107 Å². The molecule has 2 rings (SSSR count). The maximum atomic E-state index is 11.9. The summed E-state index contributed by atoms with van der Waals surface area (Å²) in [6, 6.07) is 7.54. The number of hydrogen-bond acceptors (Lipinski definition) is 3. The van der Waals surface area contributed by atoms with E-state index in [-0.39, 0.29) is 11.4 Å². The van der Waals surface area contributed by atoms with Gasteiger partial charge in [0.15, 0.2) is 0 Å². The highest BCUT2D eigenvalue weighted by molar-refractivity contribution is 5.93. The number of anilines is 1. The Morgan fingerprint density at radius 3 is 2.83 bits per heavy atom. The van der Waals surface area contributed by atoms with Crippen LogP contribution in [-0.4, -0.2) is 11.4 Å². The molecule has 0 saturated heterocycles. The molecule has 0 atom stereocenters. The summed E-state index contributed by atoms with van der Waals surface area (Å²) in [6.07, 6.45) is 3.22. The summed E-state index contributed by atoms with van der Waals surface area (Å²) in [5.41, 5.74) is 7.66. The fourth-order valence-electron chi connectivity index (χ4n) is 2.24. The van der Waals surface area contributed by atoms with E-state index in [1.54, 1.807) is 6.07 Å². The number of nitrogens with two attached hydrogens (primary N) is 1. The average Bonchev–Trinajstić information content (AvgIpc) is 2.27. The van der Waals surface area contributed by atoms with E-state index in [2.05, 4.69) is 11.4 Å². The van der Waals surface area contributed by atoms with Crippen molar-refractivity contribution in [2.24, 2.45) is 5.73 Å². The Morgan fingerprint density at radius 1 is 1.56 bits per heavy atom. The standard InChI is InChI=1S/C14H17N3O/c1-10-4-2-5-12(11(10)9-15)17-13(18)8-14(16)6-3-7-14/h2,4-5H,3,6-8,16H2,1H3,(H,17,18). The first-order valence-electron chi connectivity index (χ1n) is 6.12. The third-order valence-corrected chi connectivity index (χ3v) is 3.52. The first kappa shape index (κ1) is 12.6. The van der Waals surface area contributed by atoms with E-state index in [0.29, 0.717) is 17.7 Å². The van der Waals surface area contributed by atoms with Gasteiger partial charge in [-0.15, -0.1) is 0 Å². The molecule has 1 aromatic carbocycles. The van der Waals surface area contributed by atoms with Gasteiger partial charge in [-0.25, -0.2) is 0 Å². The number of aryl methyl sites for hydroxylation is 1. The molecule has 0 aromatic heterocycles. The fraction of sp³-hybridized carbons (Fsp3) is 0.429. The van der Waals surface area contributed by atoms with E-state index in [9.17, 15) is 4.79 Å². The summed E-state index contributed by atoms with van der Waals surface area (Å²) in [6.45, 7) is 1.85. The van der Waals surface area contributed by atoms with Crippen LogP contribution in [0.4, 0.5) is 5.69 Å². The lowest BCUT2D eigenvalue weighted by Crippen LogP contribution is -2.48. The van der Waals surface area contributed by atoms with Gasteiger partial charge in [0.05, 0.1) is 11.3 Å². The molecule has 18 heavy (non-hydrogen) atoms. The highest BCUT2D eigenvalue weighted by Gasteiger charge is 2.34. The SMILES string of the molecule is Cc1cccc(NC(=O)CC2(N)CCC2)c1C#N. The van der Waals surface area contributed by atoms with Crippen molar-refractivity contribution in [3.63, 3.8) is 0 Å². The third kappa shape index (κ3) is 2.52. The fourth-order valence-corrected chi connectivity index (χ4v) is 2.24. The van der Waals surface area contributed by atoms with Gasteiger partial charge in [-0.2, -0.15) is 5.26 Å². The Morgan fingerprint density at radius 2 is 2.28 bits per heavy atom. The van der Waals surface area contributed by atoms with Crippen molar-refractivity contribution in [3.05, 3.63) is 29.3 Å². The molecule has 3 N–H and O–H groups in total. The van der Waals surface area contributed by atoms with E-state index in [1.165, 1.54) is 0 Å². The van der Waals surface area contributed by atoms with Crippen LogP contribution in [-0.2, 0) is 4.79 Å². The first-order chi connectivity index (χ1) is 8.54. The molecule has 1 aliphatic rings. The van der Waals surface area contributed by atoms with Crippen molar-refractivity contribution < 1.29 is 4.79 Å². The molecule has 94 valence electrons. The number of nitrogens with zero attached hydrogens (tertiary/aromatic N) is 1. The van der Waals surface area contributed by atoms with Gasteiger partial charge in [0.1, 0.15) is 6.07 Å². The molecule has 0 spiro atoms. The number of carbonyl (C=O) groups is 1. The van der Waals surface area contributed by atoms with Crippen LogP contribution < -0.4 is 11.1 Å². The maximum absolute atomic E-state index is 11.9. The minimum atomic E-state index is -0.333. The smallest absolute Gasteiger partial charge is 0.226 e. The Bertz CT molecular complexity index is 512. The van der Waals surface area contributed by atoms with Gasteiger partial charge in [0.2, 0.25) is 5.91 Å². The van der Waals surface area contributed by atoms with Crippen molar-refractivity contribution in [1.29, 1.82) is 5.26 Å². The third-order valence-electron chi connectivity index (χ3n) is 3.52. The monoisotopic (exact) mass is 243 g/mol. The van der Waals surface area contributed by atoms with Gasteiger partial charge in [0, 0.05) is 12.0 Å². The molecule has 0 bridgehead atoms. The lowest BCUT2D eigenvalue weighted by atomic mass is 9.75. The van der Waals surface area contributed by atoms with Crippen LogP contribution in [0.2, 0.25) is 0 Å². The van der Waals surface area contributed by atoms with Gasteiger partial charge >= 0.3 is 0 Å². The molecular weight excluding hydrogens is 226 g/mol. The summed E-state index contributed by atoms with van der Waals surface area (Å²) in [5.74, 6) is -0.112. The van der Waals surface area contributed by atoms with E-state index in [4.69, 9.17) is 11.0 Å². The zero-order valence-corrected chi connectivity index (χ0v) is 10.5. The lowest BCUT2D eigenvalue weighted by molar-refractivity contribution is -0.118. The van der Waals surface area contributed by atoms with Gasteiger partial charge in [0.25, 0.3) is 0 Å². The molecule has 4 nitrogen and oxygen atoms in total. The van der Waals surface area contributed by atoms with E-state index >= 15 is 0 Å². The molecular formula is C14H17N3O. The molecule has 1 fully saturated rings. The predicted molar refractivity (Wildman–Crippen MR) is 69.9 cm³/mol. The largest absolute Gasteiger partial charge is 0.325 e. The van der Waals surface area contributed by atoms with Gasteiger partial charge in [-0.1, -0.05) is 12.1 Å². The molecule has 1 saturated carbocycles. The highest BCUT2D eigenvalue weighted by Crippen LogP contribution is 2.32. The molecule has 0 unspecified atom stereocenters. The molecule has 4 heteroatoms. The number of carbonyl (C=O) groups excluding carboxylic acids is 1. The van der Waals surface area contributed by atoms with Crippen LogP contribution in [0.5, 0.6) is 0 Å². The van der Waals surface area contributed by atoms with Crippen molar-refractivity contribution in [2.75, 3.05) is 5.32 Å². The maximum Gasteiger partial charge on any atom is 0.226 e. The van der Waals surface area contributed by atoms with Crippen LogP contribution in [0, 0.1) is 18.3 Å². The summed E-state index contributed by atoms with van der Waals surface area (Å²) in [7, 11) is 0. The summed E-state index contributed by atoms with van der Waals surface area (Å²) in [5, 5.41) is 11.9. The van der Waals surface area contributed by atoms with E-state index in [1.807, 2.05) is 19.1 Å². The molecule has 1 aromatic rings. The van der Waals surface area contributed by atoms with Crippen molar-refractivity contribution >= 4 is 11.6 Å².